The summed E-state index contributed by atoms with van der Waals surface area (Å²) in [5, 5.41) is 11.1. The molecule has 0 bridgehead atoms. The number of hydrogen-bond donors (Lipinski definition) is 1. The maximum Gasteiger partial charge on any atom is 0.301 e. The van der Waals surface area contributed by atoms with Gasteiger partial charge in [-0.1, -0.05) is 30.3 Å². The van der Waals surface area contributed by atoms with E-state index in [0.717, 1.165) is 0 Å². The predicted molar refractivity (Wildman–Crippen MR) is 115 cm³/mol. The first-order chi connectivity index (χ1) is 15.0. The highest BCUT2D eigenvalue weighted by atomic mass is 16.5. The third-order valence-electron chi connectivity index (χ3n) is 5.12. The zero-order chi connectivity index (χ0) is 22.0. The normalized spacial score (nSPS) is 17.6. The van der Waals surface area contributed by atoms with Gasteiger partial charge in [0, 0.05) is 11.8 Å². The van der Waals surface area contributed by atoms with Crippen LogP contribution < -0.4 is 14.4 Å². The van der Waals surface area contributed by atoms with Gasteiger partial charge in [-0.15, -0.1) is 0 Å². The first-order valence-corrected chi connectivity index (χ1v) is 9.55. The van der Waals surface area contributed by atoms with Gasteiger partial charge < -0.3 is 14.6 Å². The summed E-state index contributed by atoms with van der Waals surface area (Å²) in [7, 11) is 3.06. The predicted octanol–water partition coefficient (Wildman–Crippen LogP) is 3.73. The second-order valence-corrected chi connectivity index (χ2v) is 6.86. The van der Waals surface area contributed by atoms with Crippen molar-refractivity contribution >= 4 is 23.3 Å². The fraction of sp³-hybridized carbons (Fsp3) is 0.125. The van der Waals surface area contributed by atoms with Gasteiger partial charge in [0.15, 0.2) is 0 Å². The standard InChI is InChI=1S/C24H20N2O5/c1-30-17-11-9-15(10-12-17)21-20(22(27)16-6-5-7-18(14-16)31-2)23(28)24(29)26(21)19-8-3-4-13-25-19/h3-14,21,27H,1-2H3/t21-/m1/s1. The maximum absolute atomic E-state index is 13.1. The van der Waals surface area contributed by atoms with Crippen molar-refractivity contribution in [1.82, 2.24) is 4.98 Å². The summed E-state index contributed by atoms with van der Waals surface area (Å²) in [6, 6.07) is 17.9. The van der Waals surface area contributed by atoms with Crippen molar-refractivity contribution in [2.45, 2.75) is 6.04 Å². The number of aromatic nitrogens is 1. The number of ketones is 1. The molecule has 2 aromatic carbocycles. The molecule has 1 saturated heterocycles. The van der Waals surface area contributed by atoms with Gasteiger partial charge in [0.25, 0.3) is 5.78 Å². The number of nitrogens with zero attached hydrogens (tertiary/aromatic N) is 2. The molecule has 0 aliphatic carbocycles. The van der Waals surface area contributed by atoms with Gasteiger partial charge in [-0.3, -0.25) is 14.5 Å². The molecule has 0 saturated carbocycles. The van der Waals surface area contributed by atoms with Crippen LogP contribution in [0.15, 0.2) is 78.5 Å². The van der Waals surface area contributed by atoms with Crippen LogP contribution in [0.4, 0.5) is 5.82 Å². The molecule has 7 nitrogen and oxygen atoms in total. The van der Waals surface area contributed by atoms with Crippen LogP contribution in [0.5, 0.6) is 11.5 Å². The molecule has 0 radical (unpaired) electrons. The van der Waals surface area contributed by atoms with Gasteiger partial charge in [-0.25, -0.2) is 4.98 Å². The summed E-state index contributed by atoms with van der Waals surface area (Å²) in [4.78, 5) is 31.7. The van der Waals surface area contributed by atoms with Crippen LogP contribution in [0.3, 0.4) is 0 Å². The highest BCUT2D eigenvalue weighted by Crippen LogP contribution is 2.42. The van der Waals surface area contributed by atoms with Crippen LogP contribution in [-0.4, -0.2) is 36.0 Å². The number of methoxy groups -OCH3 is 2. The summed E-state index contributed by atoms with van der Waals surface area (Å²) in [6.45, 7) is 0. The van der Waals surface area contributed by atoms with Gasteiger partial charge in [0.2, 0.25) is 0 Å². The highest BCUT2D eigenvalue weighted by molar-refractivity contribution is 6.51. The fourth-order valence-electron chi connectivity index (χ4n) is 3.59. The largest absolute Gasteiger partial charge is 0.507 e. The average molecular weight is 416 g/mol. The Bertz CT molecular complexity index is 1160. The number of benzene rings is 2. The van der Waals surface area contributed by atoms with Crippen molar-refractivity contribution in [3.05, 3.63) is 89.6 Å². The molecule has 1 atom stereocenters. The molecule has 1 N–H and O–H groups in total. The van der Waals surface area contributed by atoms with E-state index >= 15 is 0 Å². The first-order valence-electron chi connectivity index (χ1n) is 9.55. The molecule has 1 fully saturated rings. The fourth-order valence-corrected chi connectivity index (χ4v) is 3.59. The quantitative estimate of drug-likeness (QED) is 0.387. The van der Waals surface area contributed by atoms with E-state index in [1.807, 2.05) is 0 Å². The summed E-state index contributed by atoms with van der Waals surface area (Å²) in [5.74, 6) is -0.363. The van der Waals surface area contributed by atoms with Crippen molar-refractivity contribution in [1.29, 1.82) is 0 Å². The first kappa shape index (κ1) is 20.2. The molecule has 1 aliphatic heterocycles. The Morgan fingerprint density at radius 2 is 1.68 bits per heavy atom. The monoisotopic (exact) mass is 416 g/mol. The maximum atomic E-state index is 13.1. The van der Waals surface area contributed by atoms with E-state index in [0.29, 0.717) is 28.4 Å². The van der Waals surface area contributed by atoms with E-state index in [-0.39, 0.29) is 11.3 Å². The van der Waals surface area contributed by atoms with E-state index in [4.69, 9.17) is 9.47 Å². The Kier molecular flexibility index (Phi) is 5.41. The number of carbonyl (C=O) groups excluding carboxylic acids is 2. The zero-order valence-electron chi connectivity index (χ0n) is 17.0. The molecule has 3 aromatic rings. The molecule has 31 heavy (non-hydrogen) atoms. The molecular weight excluding hydrogens is 396 g/mol. The Balaban J connectivity index is 1.93. The number of amides is 1. The Morgan fingerprint density at radius 3 is 2.32 bits per heavy atom. The minimum absolute atomic E-state index is 0.0194. The number of hydrogen-bond acceptors (Lipinski definition) is 6. The Hall–Kier alpha value is -4.13. The number of Topliss-reactive ketones (excluding diaryl/α,β-unsaturated/α-hetero) is 1. The van der Waals surface area contributed by atoms with Crippen molar-refractivity contribution in [2.75, 3.05) is 19.1 Å². The molecule has 2 heterocycles. The number of aliphatic hydroxyl groups is 1. The molecule has 0 unspecified atom stereocenters. The van der Waals surface area contributed by atoms with Crippen molar-refractivity contribution in [3.63, 3.8) is 0 Å². The van der Waals surface area contributed by atoms with Gasteiger partial charge in [0.05, 0.1) is 25.8 Å². The SMILES string of the molecule is COc1ccc([C@@H]2C(=C(O)c3cccc(OC)c3)C(=O)C(=O)N2c2ccccn2)cc1. The van der Waals surface area contributed by atoms with E-state index in [1.165, 1.54) is 12.0 Å². The smallest absolute Gasteiger partial charge is 0.301 e. The number of carbonyl (C=O) groups is 2. The lowest BCUT2D eigenvalue weighted by Crippen LogP contribution is -2.30. The summed E-state index contributed by atoms with van der Waals surface area (Å²) in [6.07, 6.45) is 1.54. The lowest BCUT2D eigenvalue weighted by molar-refractivity contribution is -0.132. The molecule has 1 aromatic heterocycles. The van der Waals surface area contributed by atoms with Crippen molar-refractivity contribution in [2.24, 2.45) is 0 Å². The second kappa shape index (κ2) is 8.31. The molecule has 0 spiro atoms. The van der Waals surface area contributed by atoms with E-state index in [9.17, 15) is 14.7 Å². The highest BCUT2D eigenvalue weighted by Gasteiger charge is 2.47. The molecule has 4 rings (SSSR count). The number of aliphatic hydroxyl groups excluding tert-OH is 1. The van der Waals surface area contributed by atoms with Gasteiger partial charge in [0.1, 0.15) is 23.1 Å². The number of anilines is 1. The minimum atomic E-state index is -0.855. The van der Waals surface area contributed by atoms with Gasteiger partial charge in [-0.2, -0.15) is 0 Å². The molecule has 156 valence electrons. The average Bonchev–Trinajstić information content (AvgIpc) is 3.09. The lowest BCUT2D eigenvalue weighted by Gasteiger charge is -2.24. The van der Waals surface area contributed by atoms with E-state index < -0.39 is 17.7 Å². The van der Waals surface area contributed by atoms with Crippen LogP contribution >= 0.6 is 0 Å². The van der Waals surface area contributed by atoms with Crippen LogP contribution in [-0.2, 0) is 9.59 Å². The summed E-state index contributed by atoms with van der Waals surface area (Å²) < 4.78 is 10.4. The number of ether oxygens (including phenoxy) is 2. The van der Waals surface area contributed by atoms with Crippen LogP contribution in [0.25, 0.3) is 5.76 Å². The zero-order valence-corrected chi connectivity index (χ0v) is 17.0. The van der Waals surface area contributed by atoms with Crippen LogP contribution in [0, 0.1) is 0 Å². The topological polar surface area (TPSA) is 89.0 Å². The number of rotatable bonds is 5. The third kappa shape index (κ3) is 3.61. The van der Waals surface area contributed by atoms with E-state index in [2.05, 4.69) is 4.98 Å². The molecule has 1 aliphatic rings. The second-order valence-electron chi connectivity index (χ2n) is 6.86. The van der Waals surface area contributed by atoms with Gasteiger partial charge in [-0.05, 0) is 42.0 Å². The Morgan fingerprint density at radius 1 is 0.935 bits per heavy atom. The van der Waals surface area contributed by atoms with Crippen molar-refractivity contribution < 1.29 is 24.2 Å². The molecule has 1 amide bonds. The minimum Gasteiger partial charge on any atom is -0.507 e. The van der Waals surface area contributed by atoms with Crippen LogP contribution in [0.1, 0.15) is 17.2 Å². The van der Waals surface area contributed by atoms with E-state index in [1.54, 1.807) is 80.0 Å². The third-order valence-corrected chi connectivity index (χ3v) is 5.12. The number of pyridine rings is 1. The lowest BCUT2D eigenvalue weighted by atomic mass is 9.95. The molecule has 7 heteroatoms. The summed E-state index contributed by atoms with van der Waals surface area (Å²) in [5.41, 5.74) is 0.987. The van der Waals surface area contributed by atoms with Gasteiger partial charge >= 0.3 is 5.91 Å². The Labute approximate surface area is 179 Å². The molecular formula is C24H20N2O5. The van der Waals surface area contributed by atoms with Crippen molar-refractivity contribution in [3.8, 4) is 11.5 Å². The summed E-state index contributed by atoms with van der Waals surface area (Å²) >= 11 is 0. The van der Waals surface area contributed by atoms with Crippen LogP contribution in [0.2, 0.25) is 0 Å².